The molecule has 0 aromatic carbocycles. The summed E-state index contributed by atoms with van der Waals surface area (Å²) in [5.41, 5.74) is 2.20. The highest BCUT2D eigenvalue weighted by molar-refractivity contribution is 7.10. The Morgan fingerprint density at radius 2 is 2.10 bits per heavy atom. The van der Waals surface area contributed by atoms with Crippen molar-refractivity contribution in [1.29, 1.82) is 0 Å². The summed E-state index contributed by atoms with van der Waals surface area (Å²) in [6.07, 6.45) is 6.53. The highest BCUT2D eigenvalue weighted by Crippen LogP contribution is 2.31. The van der Waals surface area contributed by atoms with Gasteiger partial charge >= 0.3 is 0 Å². The number of piperidine rings is 1. The molecule has 1 N–H and O–H groups in total. The fourth-order valence-corrected chi connectivity index (χ4v) is 4.53. The van der Waals surface area contributed by atoms with Crippen molar-refractivity contribution in [2.45, 2.75) is 51.5 Å². The normalized spacial score (nSPS) is 21.8. The van der Waals surface area contributed by atoms with Gasteiger partial charge in [-0.05, 0) is 44.1 Å². The lowest BCUT2D eigenvalue weighted by Crippen LogP contribution is -2.49. The average Bonchev–Trinajstić information content (AvgIpc) is 2.90. The summed E-state index contributed by atoms with van der Waals surface area (Å²) >= 11 is 1.74. The number of carbonyl (C=O) groups excluding carboxylic acids is 2. The van der Waals surface area contributed by atoms with Crippen LogP contribution in [0.15, 0.2) is 5.38 Å². The zero-order valence-electron chi connectivity index (χ0n) is 12.5. The summed E-state index contributed by atoms with van der Waals surface area (Å²) in [7, 11) is 0. The number of rotatable bonds is 2. The standard InChI is InChI=1S/C16H22N2O2S/c1-11(19)17-12-5-4-8-18(9-12)16(20)14-10-21-15-7-3-2-6-13(14)15/h10,12H,2-9H2,1H3,(H,17,19). The van der Waals surface area contributed by atoms with Crippen molar-refractivity contribution in [2.24, 2.45) is 0 Å². The molecule has 1 saturated heterocycles. The minimum atomic E-state index is -0.0118. The van der Waals surface area contributed by atoms with Crippen molar-refractivity contribution in [3.05, 3.63) is 21.4 Å². The van der Waals surface area contributed by atoms with Crippen LogP contribution >= 0.6 is 11.3 Å². The number of likely N-dealkylation sites (tertiary alicyclic amines) is 1. The molecule has 1 unspecified atom stereocenters. The van der Waals surface area contributed by atoms with E-state index >= 15 is 0 Å². The van der Waals surface area contributed by atoms with Crippen molar-refractivity contribution in [3.8, 4) is 0 Å². The quantitative estimate of drug-likeness (QED) is 0.912. The summed E-state index contributed by atoms with van der Waals surface area (Å²) in [5, 5.41) is 4.99. The molecular formula is C16H22N2O2S. The summed E-state index contributed by atoms with van der Waals surface area (Å²) in [5.74, 6) is 0.145. The Hall–Kier alpha value is -1.36. The van der Waals surface area contributed by atoms with Gasteiger partial charge in [0.1, 0.15) is 0 Å². The fraction of sp³-hybridized carbons (Fsp3) is 0.625. The number of thiophene rings is 1. The first-order valence-electron chi connectivity index (χ1n) is 7.81. The van der Waals surface area contributed by atoms with E-state index in [0.29, 0.717) is 6.54 Å². The molecule has 2 aliphatic rings. The molecule has 0 spiro atoms. The van der Waals surface area contributed by atoms with Crippen LogP contribution in [-0.4, -0.2) is 35.8 Å². The molecule has 3 rings (SSSR count). The van der Waals surface area contributed by atoms with Gasteiger partial charge < -0.3 is 10.2 Å². The average molecular weight is 306 g/mol. The van der Waals surface area contributed by atoms with Crippen molar-refractivity contribution in [2.75, 3.05) is 13.1 Å². The van der Waals surface area contributed by atoms with Crippen LogP contribution in [0.3, 0.4) is 0 Å². The molecule has 21 heavy (non-hydrogen) atoms. The summed E-state index contributed by atoms with van der Waals surface area (Å²) < 4.78 is 0. The van der Waals surface area contributed by atoms with Crippen molar-refractivity contribution < 1.29 is 9.59 Å². The van der Waals surface area contributed by atoms with E-state index in [9.17, 15) is 9.59 Å². The Morgan fingerprint density at radius 1 is 1.29 bits per heavy atom. The Morgan fingerprint density at radius 3 is 2.90 bits per heavy atom. The molecule has 0 radical (unpaired) electrons. The van der Waals surface area contributed by atoms with Gasteiger partial charge in [0.25, 0.3) is 5.91 Å². The lowest BCUT2D eigenvalue weighted by atomic mass is 9.95. The molecule has 1 aliphatic carbocycles. The molecule has 0 bridgehead atoms. The topological polar surface area (TPSA) is 49.4 Å². The minimum Gasteiger partial charge on any atom is -0.352 e. The van der Waals surface area contributed by atoms with Crippen molar-refractivity contribution in [1.82, 2.24) is 10.2 Å². The highest BCUT2D eigenvalue weighted by Gasteiger charge is 2.28. The Bertz CT molecular complexity index is 552. The maximum Gasteiger partial charge on any atom is 0.255 e. The van der Waals surface area contributed by atoms with Crippen LogP contribution in [0.2, 0.25) is 0 Å². The molecule has 1 aromatic rings. The van der Waals surface area contributed by atoms with Gasteiger partial charge in [-0.15, -0.1) is 11.3 Å². The number of hydrogen-bond donors (Lipinski definition) is 1. The molecule has 114 valence electrons. The second kappa shape index (κ2) is 6.18. The molecule has 1 aliphatic heterocycles. The van der Waals surface area contributed by atoms with E-state index in [4.69, 9.17) is 0 Å². The molecule has 2 heterocycles. The van der Waals surface area contributed by atoms with Crippen LogP contribution in [0, 0.1) is 0 Å². The fourth-order valence-electron chi connectivity index (χ4n) is 3.41. The van der Waals surface area contributed by atoms with Gasteiger partial charge in [0.15, 0.2) is 0 Å². The third kappa shape index (κ3) is 3.12. The number of nitrogens with one attached hydrogen (secondary N) is 1. The first-order valence-corrected chi connectivity index (χ1v) is 8.68. The van der Waals surface area contributed by atoms with Crippen LogP contribution in [0.4, 0.5) is 0 Å². The van der Waals surface area contributed by atoms with Crippen LogP contribution in [0.1, 0.15) is 53.4 Å². The van der Waals surface area contributed by atoms with Gasteiger partial charge in [-0.1, -0.05) is 0 Å². The number of hydrogen-bond acceptors (Lipinski definition) is 3. The molecule has 0 saturated carbocycles. The number of fused-ring (bicyclic) bond motifs is 1. The van der Waals surface area contributed by atoms with E-state index in [1.807, 2.05) is 10.3 Å². The zero-order valence-corrected chi connectivity index (χ0v) is 13.3. The largest absolute Gasteiger partial charge is 0.352 e. The molecular weight excluding hydrogens is 284 g/mol. The van der Waals surface area contributed by atoms with Crippen molar-refractivity contribution >= 4 is 23.2 Å². The molecule has 4 nitrogen and oxygen atoms in total. The number of amides is 2. The van der Waals surface area contributed by atoms with Gasteiger partial charge in [0.05, 0.1) is 5.56 Å². The number of carbonyl (C=O) groups is 2. The van der Waals surface area contributed by atoms with E-state index < -0.39 is 0 Å². The third-order valence-corrected chi connectivity index (χ3v) is 5.50. The smallest absolute Gasteiger partial charge is 0.255 e. The maximum absolute atomic E-state index is 12.8. The highest BCUT2D eigenvalue weighted by atomic mass is 32.1. The number of nitrogens with zero attached hydrogens (tertiary/aromatic N) is 1. The molecule has 5 heteroatoms. The third-order valence-electron chi connectivity index (χ3n) is 4.41. The Balaban J connectivity index is 1.72. The lowest BCUT2D eigenvalue weighted by molar-refractivity contribution is -0.120. The van der Waals surface area contributed by atoms with E-state index in [1.54, 1.807) is 11.3 Å². The van der Waals surface area contributed by atoms with Crippen LogP contribution in [-0.2, 0) is 17.6 Å². The van der Waals surface area contributed by atoms with Gasteiger partial charge in [-0.25, -0.2) is 0 Å². The zero-order chi connectivity index (χ0) is 14.8. The molecule has 1 fully saturated rings. The monoisotopic (exact) mass is 306 g/mol. The van der Waals surface area contributed by atoms with Gasteiger partial charge in [0, 0.05) is 36.3 Å². The maximum atomic E-state index is 12.8. The minimum absolute atomic E-state index is 0.0118. The van der Waals surface area contributed by atoms with E-state index in [0.717, 1.165) is 37.8 Å². The first-order chi connectivity index (χ1) is 10.1. The SMILES string of the molecule is CC(=O)NC1CCCN(C(=O)c2csc3c2CCCC3)C1. The summed E-state index contributed by atoms with van der Waals surface area (Å²) in [6.45, 7) is 2.98. The van der Waals surface area contributed by atoms with E-state index in [-0.39, 0.29) is 17.9 Å². The number of aryl methyl sites for hydroxylation is 1. The van der Waals surface area contributed by atoms with Crippen LogP contribution in [0.25, 0.3) is 0 Å². The predicted octanol–water partition coefficient (Wildman–Crippen LogP) is 2.37. The predicted molar refractivity (Wildman–Crippen MR) is 83.7 cm³/mol. The molecule has 1 atom stereocenters. The first kappa shape index (κ1) is 14.6. The molecule has 2 amide bonds. The van der Waals surface area contributed by atoms with Crippen LogP contribution < -0.4 is 5.32 Å². The second-order valence-corrected chi connectivity index (χ2v) is 7.01. The second-order valence-electron chi connectivity index (χ2n) is 6.05. The van der Waals surface area contributed by atoms with E-state index in [2.05, 4.69) is 5.32 Å². The van der Waals surface area contributed by atoms with Crippen LogP contribution in [0.5, 0.6) is 0 Å². The molecule has 1 aromatic heterocycles. The summed E-state index contributed by atoms with van der Waals surface area (Å²) in [6, 6.07) is 0.106. The lowest BCUT2D eigenvalue weighted by Gasteiger charge is -2.33. The van der Waals surface area contributed by atoms with Gasteiger partial charge in [-0.2, -0.15) is 0 Å². The van der Waals surface area contributed by atoms with Gasteiger partial charge in [-0.3, -0.25) is 9.59 Å². The van der Waals surface area contributed by atoms with Crippen molar-refractivity contribution in [3.63, 3.8) is 0 Å². The Kier molecular flexibility index (Phi) is 4.29. The van der Waals surface area contributed by atoms with E-state index in [1.165, 1.54) is 30.2 Å². The van der Waals surface area contributed by atoms with Gasteiger partial charge in [0.2, 0.25) is 5.91 Å². The summed E-state index contributed by atoms with van der Waals surface area (Å²) in [4.78, 5) is 27.3. The Labute approximate surface area is 129 Å².